The highest BCUT2D eigenvalue weighted by Gasteiger charge is 2.26. The van der Waals surface area contributed by atoms with Crippen molar-refractivity contribution in [3.8, 4) is 0 Å². The van der Waals surface area contributed by atoms with Crippen molar-refractivity contribution in [1.29, 1.82) is 0 Å². The number of carbonyl (C=O) groups excluding carboxylic acids is 1. The number of hydrogen-bond donors (Lipinski definition) is 2. The van der Waals surface area contributed by atoms with Crippen molar-refractivity contribution in [2.45, 2.75) is 39.2 Å². The maximum atomic E-state index is 12.5. The van der Waals surface area contributed by atoms with Gasteiger partial charge in [0.15, 0.2) is 0 Å². The van der Waals surface area contributed by atoms with Gasteiger partial charge in [-0.3, -0.25) is 9.78 Å². The number of aliphatic hydroxyl groups excluding tert-OH is 1. The molecule has 1 unspecified atom stereocenters. The highest BCUT2D eigenvalue weighted by molar-refractivity contribution is 6.06. The first-order chi connectivity index (χ1) is 10.0. The van der Waals surface area contributed by atoms with Gasteiger partial charge in [0, 0.05) is 11.6 Å². The molecule has 0 aliphatic carbocycles. The molecule has 2 aromatic rings. The lowest BCUT2D eigenvalue weighted by Gasteiger charge is -2.28. The molecule has 0 aliphatic heterocycles. The monoisotopic (exact) mass is 286 g/mol. The maximum absolute atomic E-state index is 12.5. The standard InChI is InChI=1S/C17H22N2O2/c1-4-9-17(3,11-20)19-16(21)15-14-7-5-6-12(2)13(14)8-10-18-15/h5-8,10,20H,4,9,11H2,1-3H3,(H,19,21). The van der Waals surface area contributed by atoms with E-state index in [0.717, 1.165) is 29.2 Å². The van der Waals surface area contributed by atoms with Crippen LogP contribution in [0.3, 0.4) is 0 Å². The van der Waals surface area contributed by atoms with Crippen LogP contribution in [0.4, 0.5) is 0 Å². The summed E-state index contributed by atoms with van der Waals surface area (Å²) in [7, 11) is 0. The molecule has 1 aromatic carbocycles. The number of aliphatic hydroxyl groups is 1. The van der Waals surface area contributed by atoms with Gasteiger partial charge in [-0.05, 0) is 37.3 Å². The molecule has 4 nitrogen and oxygen atoms in total. The van der Waals surface area contributed by atoms with E-state index in [4.69, 9.17) is 0 Å². The van der Waals surface area contributed by atoms with E-state index in [1.165, 1.54) is 0 Å². The summed E-state index contributed by atoms with van der Waals surface area (Å²) in [5.41, 5.74) is 0.911. The Bertz CT molecular complexity index is 654. The van der Waals surface area contributed by atoms with E-state index in [9.17, 15) is 9.90 Å². The zero-order chi connectivity index (χ0) is 15.5. The molecule has 112 valence electrons. The van der Waals surface area contributed by atoms with E-state index in [-0.39, 0.29) is 12.5 Å². The van der Waals surface area contributed by atoms with Crippen molar-refractivity contribution >= 4 is 16.7 Å². The molecule has 0 fully saturated rings. The Balaban J connectivity index is 2.38. The SMILES string of the molecule is CCCC(C)(CO)NC(=O)c1nccc2c(C)cccc12. The number of benzene rings is 1. The lowest BCUT2D eigenvalue weighted by Crippen LogP contribution is -2.49. The molecule has 1 amide bonds. The Morgan fingerprint density at radius 2 is 2.10 bits per heavy atom. The van der Waals surface area contributed by atoms with Crippen LogP contribution in [0.1, 0.15) is 42.7 Å². The zero-order valence-electron chi connectivity index (χ0n) is 12.8. The summed E-state index contributed by atoms with van der Waals surface area (Å²) in [5.74, 6) is -0.240. The van der Waals surface area contributed by atoms with Gasteiger partial charge in [-0.2, -0.15) is 0 Å². The number of pyridine rings is 1. The molecule has 0 bridgehead atoms. The van der Waals surface area contributed by atoms with Crippen LogP contribution in [0.5, 0.6) is 0 Å². The van der Waals surface area contributed by atoms with Gasteiger partial charge in [-0.25, -0.2) is 0 Å². The van der Waals surface area contributed by atoms with Crippen LogP contribution in [0, 0.1) is 6.92 Å². The number of fused-ring (bicyclic) bond motifs is 1. The third-order valence-electron chi connectivity index (χ3n) is 3.81. The first kappa shape index (κ1) is 15.4. The Morgan fingerprint density at radius 3 is 2.76 bits per heavy atom. The second kappa shape index (κ2) is 6.22. The molecule has 21 heavy (non-hydrogen) atoms. The molecule has 0 saturated heterocycles. The van der Waals surface area contributed by atoms with Crippen LogP contribution in [0.2, 0.25) is 0 Å². The van der Waals surface area contributed by atoms with Gasteiger partial charge in [0.1, 0.15) is 5.69 Å². The molecule has 0 aliphatic rings. The summed E-state index contributed by atoms with van der Waals surface area (Å²) < 4.78 is 0. The summed E-state index contributed by atoms with van der Waals surface area (Å²) in [4.78, 5) is 16.8. The molecule has 0 spiro atoms. The number of rotatable bonds is 5. The third-order valence-corrected chi connectivity index (χ3v) is 3.81. The molecule has 2 rings (SSSR count). The quantitative estimate of drug-likeness (QED) is 0.888. The second-order valence-corrected chi connectivity index (χ2v) is 5.75. The lowest BCUT2D eigenvalue weighted by molar-refractivity contribution is 0.0838. The van der Waals surface area contributed by atoms with Crippen molar-refractivity contribution in [3.63, 3.8) is 0 Å². The van der Waals surface area contributed by atoms with Crippen LogP contribution in [-0.2, 0) is 0 Å². The van der Waals surface area contributed by atoms with Gasteiger partial charge in [-0.1, -0.05) is 31.5 Å². The number of amides is 1. The Hall–Kier alpha value is -1.94. The number of aryl methyl sites for hydroxylation is 1. The topological polar surface area (TPSA) is 62.2 Å². The van der Waals surface area contributed by atoms with E-state index in [1.54, 1.807) is 6.20 Å². The Labute approximate surface area is 125 Å². The van der Waals surface area contributed by atoms with Crippen LogP contribution < -0.4 is 5.32 Å². The van der Waals surface area contributed by atoms with Gasteiger partial charge < -0.3 is 10.4 Å². The minimum atomic E-state index is -0.612. The summed E-state index contributed by atoms with van der Waals surface area (Å²) in [6.45, 7) is 5.81. The molecule has 1 aromatic heterocycles. The van der Waals surface area contributed by atoms with Gasteiger partial charge in [-0.15, -0.1) is 0 Å². The van der Waals surface area contributed by atoms with Gasteiger partial charge in [0.25, 0.3) is 5.91 Å². The van der Waals surface area contributed by atoms with E-state index in [0.29, 0.717) is 5.69 Å². The second-order valence-electron chi connectivity index (χ2n) is 5.75. The van der Waals surface area contributed by atoms with Crippen molar-refractivity contribution in [2.75, 3.05) is 6.61 Å². The number of aromatic nitrogens is 1. The predicted molar refractivity (Wildman–Crippen MR) is 84.3 cm³/mol. The van der Waals surface area contributed by atoms with Crippen LogP contribution in [-0.4, -0.2) is 28.1 Å². The molecular formula is C17H22N2O2. The van der Waals surface area contributed by atoms with Crippen molar-refractivity contribution < 1.29 is 9.90 Å². The Morgan fingerprint density at radius 1 is 1.33 bits per heavy atom. The number of hydrogen-bond acceptors (Lipinski definition) is 3. The fourth-order valence-corrected chi connectivity index (χ4v) is 2.61. The fourth-order valence-electron chi connectivity index (χ4n) is 2.61. The Kier molecular flexibility index (Phi) is 4.58. The van der Waals surface area contributed by atoms with Crippen molar-refractivity contribution in [3.05, 3.63) is 41.7 Å². The zero-order valence-corrected chi connectivity index (χ0v) is 12.8. The first-order valence-corrected chi connectivity index (χ1v) is 7.28. The molecule has 1 heterocycles. The molecule has 4 heteroatoms. The van der Waals surface area contributed by atoms with E-state index < -0.39 is 5.54 Å². The summed E-state index contributed by atoms with van der Waals surface area (Å²) >= 11 is 0. The first-order valence-electron chi connectivity index (χ1n) is 7.28. The molecule has 2 N–H and O–H groups in total. The molecule has 1 atom stereocenters. The lowest BCUT2D eigenvalue weighted by atomic mass is 9.96. The van der Waals surface area contributed by atoms with Crippen LogP contribution in [0.25, 0.3) is 10.8 Å². The molecular weight excluding hydrogens is 264 g/mol. The highest BCUT2D eigenvalue weighted by Crippen LogP contribution is 2.21. The maximum Gasteiger partial charge on any atom is 0.271 e. The normalized spacial score (nSPS) is 13.9. The van der Waals surface area contributed by atoms with E-state index in [2.05, 4.69) is 10.3 Å². The van der Waals surface area contributed by atoms with Gasteiger partial charge in [0.05, 0.1) is 12.1 Å². The van der Waals surface area contributed by atoms with Crippen molar-refractivity contribution in [1.82, 2.24) is 10.3 Å². The smallest absolute Gasteiger partial charge is 0.271 e. The average molecular weight is 286 g/mol. The average Bonchev–Trinajstić information content (AvgIpc) is 2.47. The number of nitrogens with zero attached hydrogens (tertiary/aromatic N) is 1. The summed E-state index contributed by atoms with van der Waals surface area (Å²) in [5, 5.41) is 14.3. The van der Waals surface area contributed by atoms with Crippen molar-refractivity contribution in [2.24, 2.45) is 0 Å². The third kappa shape index (κ3) is 3.22. The summed E-state index contributed by atoms with van der Waals surface area (Å²) in [6.07, 6.45) is 3.26. The summed E-state index contributed by atoms with van der Waals surface area (Å²) in [6, 6.07) is 7.76. The van der Waals surface area contributed by atoms with Crippen LogP contribution in [0.15, 0.2) is 30.5 Å². The predicted octanol–water partition coefficient (Wildman–Crippen LogP) is 2.82. The van der Waals surface area contributed by atoms with E-state index in [1.807, 2.05) is 45.0 Å². The fraction of sp³-hybridized carbons (Fsp3) is 0.412. The molecule has 0 radical (unpaired) electrons. The van der Waals surface area contributed by atoms with Crippen LogP contribution >= 0.6 is 0 Å². The highest BCUT2D eigenvalue weighted by atomic mass is 16.3. The number of carbonyl (C=O) groups is 1. The minimum absolute atomic E-state index is 0.0869. The minimum Gasteiger partial charge on any atom is -0.394 e. The largest absolute Gasteiger partial charge is 0.394 e. The molecule has 0 saturated carbocycles. The van der Waals surface area contributed by atoms with Gasteiger partial charge >= 0.3 is 0 Å². The van der Waals surface area contributed by atoms with Gasteiger partial charge in [0.2, 0.25) is 0 Å². The number of nitrogens with one attached hydrogen (secondary N) is 1. The van der Waals surface area contributed by atoms with E-state index >= 15 is 0 Å².